The number of amides is 3. The van der Waals surface area contributed by atoms with Gasteiger partial charge in [-0.05, 0) is 37.5 Å². The van der Waals surface area contributed by atoms with E-state index in [0.717, 1.165) is 12.1 Å². The van der Waals surface area contributed by atoms with Crippen molar-refractivity contribution in [2.45, 2.75) is 43.7 Å². The Bertz CT molecular complexity index is 942. The molecule has 8 nitrogen and oxygen atoms in total. The number of rotatable bonds is 3. The van der Waals surface area contributed by atoms with Crippen LogP contribution in [0.15, 0.2) is 18.2 Å². The maximum atomic E-state index is 13.0. The number of nitrogens with one attached hydrogen (secondary N) is 1. The molecule has 4 aliphatic rings. The van der Waals surface area contributed by atoms with Gasteiger partial charge in [0.2, 0.25) is 5.91 Å². The first-order chi connectivity index (χ1) is 15.7. The number of likely N-dealkylation sites (tertiary alicyclic amines) is 2. The largest absolute Gasteiger partial charge is 0.493 e. The first kappa shape index (κ1) is 22.1. The molecule has 1 aromatic carbocycles. The Hall–Kier alpha value is -2.69. The molecule has 0 aromatic heterocycles. The molecule has 11 heteroatoms. The third kappa shape index (κ3) is 4.18. The van der Waals surface area contributed by atoms with E-state index in [0.29, 0.717) is 45.4 Å². The Morgan fingerprint density at radius 3 is 2.67 bits per heavy atom. The lowest BCUT2D eigenvalue weighted by atomic mass is 9.62. The smallest absolute Gasteiger partial charge is 0.416 e. The topological polar surface area (TPSA) is 80.3 Å². The van der Waals surface area contributed by atoms with Crippen molar-refractivity contribution in [3.63, 3.8) is 0 Å². The van der Waals surface area contributed by atoms with Gasteiger partial charge in [0, 0.05) is 31.6 Å². The molecule has 0 bridgehead atoms. The Kier molecular flexibility index (Phi) is 5.34. The zero-order valence-corrected chi connectivity index (χ0v) is 18.2. The molecule has 0 unspecified atom stereocenters. The highest BCUT2D eigenvalue weighted by molar-refractivity contribution is 5.79. The minimum absolute atomic E-state index is 0.0459. The van der Waals surface area contributed by atoms with Crippen LogP contribution in [0.4, 0.5) is 18.0 Å². The van der Waals surface area contributed by atoms with E-state index in [2.05, 4.69) is 5.32 Å². The van der Waals surface area contributed by atoms with Crippen LogP contribution in [0.3, 0.4) is 0 Å². The number of morpholine rings is 1. The van der Waals surface area contributed by atoms with Crippen LogP contribution in [0.5, 0.6) is 11.5 Å². The maximum Gasteiger partial charge on any atom is 0.416 e. The minimum Gasteiger partial charge on any atom is -0.493 e. The minimum atomic E-state index is -4.46. The highest BCUT2D eigenvalue weighted by atomic mass is 19.4. The molecule has 33 heavy (non-hydrogen) atoms. The summed E-state index contributed by atoms with van der Waals surface area (Å²) in [5, 5.41) is 2.89. The fraction of sp³-hybridized carbons (Fsp3) is 0.636. The Morgan fingerprint density at radius 2 is 1.97 bits per heavy atom. The van der Waals surface area contributed by atoms with Gasteiger partial charge in [-0.3, -0.25) is 4.79 Å². The normalized spacial score (nSPS) is 26.7. The molecule has 4 fully saturated rings. The summed E-state index contributed by atoms with van der Waals surface area (Å²) in [5.41, 5.74) is -0.827. The van der Waals surface area contributed by atoms with Gasteiger partial charge in [0.25, 0.3) is 0 Å². The van der Waals surface area contributed by atoms with Crippen LogP contribution in [0.25, 0.3) is 0 Å². The van der Waals surface area contributed by atoms with Crippen molar-refractivity contribution in [3.05, 3.63) is 23.8 Å². The van der Waals surface area contributed by atoms with Gasteiger partial charge in [-0.25, -0.2) is 4.79 Å². The summed E-state index contributed by atoms with van der Waals surface area (Å²) in [6, 6.07) is 2.97. The number of alkyl halides is 3. The van der Waals surface area contributed by atoms with Crippen molar-refractivity contribution in [2.75, 3.05) is 39.9 Å². The summed E-state index contributed by atoms with van der Waals surface area (Å²) in [5.74, 6) is 0.182. The van der Waals surface area contributed by atoms with Crippen molar-refractivity contribution in [1.82, 2.24) is 15.1 Å². The predicted octanol–water partition coefficient (Wildman–Crippen LogP) is 2.27. The van der Waals surface area contributed by atoms with Crippen molar-refractivity contribution < 1.29 is 37.0 Å². The fourth-order valence-corrected chi connectivity index (χ4v) is 5.34. The summed E-state index contributed by atoms with van der Waals surface area (Å²) >= 11 is 0. The number of nitrogens with zero attached hydrogens (tertiary/aromatic N) is 2. The van der Waals surface area contributed by atoms with Crippen LogP contribution < -0.4 is 14.8 Å². The van der Waals surface area contributed by atoms with Crippen LogP contribution in [0, 0.1) is 5.41 Å². The number of benzene rings is 1. The molecule has 3 saturated heterocycles. The average Bonchev–Trinajstić information content (AvgIpc) is 2.72. The van der Waals surface area contributed by atoms with Gasteiger partial charge in [-0.2, -0.15) is 13.2 Å². The molecular weight excluding hydrogens is 443 g/mol. The quantitative estimate of drug-likeness (QED) is 0.735. The first-order valence-electron chi connectivity index (χ1n) is 11.0. The SMILES string of the molecule is COc1ccc(C(F)(F)F)cc1OC1CC2(C1)CN(C(=O)N1CC[C@@H]3OCC(=O)N[C@@H]3C1)C2. The molecule has 0 radical (unpaired) electrons. The lowest BCUT2D eigenvalue weighted by Crippen LogP contribution is -2.69. The zero-order valence-electron chi connectivity index (χ0n) is 18.2. The Balaban J connectivity index is 1.13. The average molecular weight is 469 g/mol. The third-order valence-corrected chi connectivity index (χ3v) is 7.02. The van der Waals surface area contributed by atoms with Crippen molar-refractivity contribution in [3.8, 4) is 11.5 Å². The summed E-state index contributed by atoms with van der Waals surface area (Å²) in [4.78, 5) is 28.0. The maximum absolute atomic E-state index is 13.0. The second-order valence-electron chi connectivity index (χ2n) is 9.41. The summed E-state index contributed by atoms with van der Waals surface area (Å²) < 4.78 is 55.6. The monoisotopic (exact) mass is 469 g/mol. The second kappa shape index (κ2) is 7.96. The van der Waals surface area contributed by atoms with Crippen molar-refractivity contribution in [2.24, 2.45) is 5.41 Å². The second-order valence-corrected chi connectivity index (χ2v) is 9.41. The standard InChI is InChI=1S/C22H26F3N3O5/c1-31-17-3-2-13(22(23,24)25)6-18(17)33-14-7-21(8-14)11-28(12-21)20(30)27-5-4-16-15(9-27)26-19(29)10-32-16/h2-3,6,14-16H,4-5,7-12H2,1H3,(H,26,29)/t15-,16+/m1/s1. The van der Waals surface area contributed by atoms with E-state index in [4.69, 9.17) is 14.2 Å². The molecule has 3 heterocycles. The highest BCUT2D eigenvalue weighted by Crippen LogP contribution is 2.51. The molecule has 180 valence electrons. The lowest BCUT2D eigenvalue weighted by molar-refractivity contribution is -0.140. The number of fused-ring (bicyclic) bond motifs is 1. The Morgan fingerprint density at radius 1 is 1.21 bits per heavy atom. The van der Waals surface area contributed by atoms with Crippen LogP contribution in [-0.2, 0) is 15.7 Å². The summed E-state index contributed by atoms with van der Waals surface area (Å²) in [6.07, 6.45) is -2.70. The van der Waals surface area contributed by atoms with Gasteiger partial charge >= 0.3 is 12.2 Å². The predicted molar refractivity (Wildman–Crippen MR) is 109 cm³/mol. The molecule has 2 atom stereocenters. The van der Waals surface area contributed by atoms with Crippen molar-refractivity contribution >= 4 is 11.9 Å². The highest BCUT2D eigenvalue weighted by Gasteiger charge is 2.55. The van der Waals surface area contributed by atoms with E-state index in [1.54, 1.807) is 9.80 Å². The number of hydrogen-bond donors (Lipinski definition) is 1. The lowest BCUT2D eigenvalue weighted by Gasteiger charge is -2.59. The molecule has 1 aromatic rings. The summed E-state index contributed by atoms with van der Waals surface area (Å²) in [6.45, 7) is 2.28. The molecule has 3 aliphatic heterocycles. The first-order valence-corrected chi connectivity index (χ1v) is 11.0. The van der Waals surface area contributed by atoms with Gasteiger partial charge < -0.3 is 29.3 Å². The fourth-order valence-electron chi connectivity index (χ4n) is 5.34. The van der Waals surface area contributed by atoms with E-state index >= 15 is 0 Å². The number of ether oxygens (including phenoxy) is 3. The van der Waals surface area contributed by atoms with Gasteiger partial charge in [0.15, 0.2) is 11.5 Å². The van der Waals surface area contributed by atoms with Crippen molar-refractivity contribution in [1.29, 1.82) is 0 Å². The number of halogens is 3. The van der Waals surface area contributed by atoms with Gasteiger partial charge in [0.05, 0.1) is 24.8 Å². The molecule has 1 spiro atoms. The number of piperidine rings is 1. The van der Waals surface area contributed by atoms with Gasteiger partial charge in [0.1, 0.15) is 12.7 Å². The number of hydrogen-bond acceptors (Lipinski definition) is 5. The van der Waals surface area contributed by atoms with E-state index in [-0.39, 0.29) is 53.7 Å². The molecule has 1 N–H and O–H groups in total. The molecule has 3 amide bonds. The van der Waals surface area contributed by atoms with Gasteiger partial charge in [-0.1, -0.05) is 0 Å². The third-order valence-electron chi connectivity index (χ3n) is 7.02. The van der Waals surface area contributed by atoms with E-state index in [1.807, 2.05) is 0 Å². The molecule has 1 aliphatic carbocycles. The van der Waals surface area contributed by atoms with E-state index in [1.165, 1.54) is 13.2 Å². The van der Waals surface area contributed by atoms with E-state index < -0.39 is 11.7 Å². The summed E-state index contributed by atoms with van der Waals surface area (Å²) in [7, 11) is 1.39. The van der Waals surface area contributed by atoms with Crippen LogP contribution in [0.1, 0.15) is 24.8 Å². The van der Waals surface area contributed by atoms with Crippen LogP contribution >= 0.6 is 0 Å². The number of carbonyl (C=O) groups excluding carboxylic acids is 2. The molecule has 5 rings (SSSR count). The van der Waals surface area contributed by atoms with Crippen LogP contribution in [0.2, 0.25) is 0 Å². The van der Waals surface area contributed by atoms with E-state index in [9.17, 15) is 22.8 Å². The number of urea groups is 1. The molecular formula is C22H26F3N3O5. The number of methoxy groups -OCH3 is 1. The van der Waals surface area contributed by atoms with Gasteiger partial charge in [-0.15, -0.1) is 0 Å². The zero-order chi connectivity index (χ0) is 23.4. The number of carbonyl (C=O) groups is 2. The molecule has 1 saturated carbocycles. The van der Waals surface area contributed by atoms with Crippen LogP contribution in [-0.4, -0.2) is 79.9 Å². The Labute approximate surface area is 188 Å².